The molecule has 0 saturated heterocycles. The van der Waals surface area contributed by atoms with Gasteiger partial charge in [-0.3, -0.25) is 0 Å². The maximum Gasteiger partial charge on any atom is 0.416 e. The Morgan fingerprint density at radius 2 is 1.77 bits per heavy atom. The van der Waals surface area contributed by atoms with Crippen molar-refractivity contribution in [3.63, 3.8) is 0 Å². The topological polar surface area (TPSA) is 15.8 Å². The minimum Gasteiger partial charge on any atom is -0.361 e. The van der Waals surface area contributed by atoms with Gasteiger partial charge >= 0.3 is 6.18 Å². The summed E-state index contributed by atoms with van der Waals surface area (Å²) in [5, 5.41) is 0.919. The van der Waals surface area contributed by atoms with Gasteiger partial charge in [0, 0.05) is 28.8 Å². The molecule has 138 valence electrons. The number of halogens is 4. The second kappa shape index (κ2) is 7.35. The van der Waals surface area contributed by atoms with Crippen LogP contribution in [0.2, 0.25) is 0 Å². The average molecular weight is 381 g/mol. The fraction of sp³-hybridized carbons (Fsp3) is 0.300. The summed E-state index contributed by atoms with van der Waals surface area (Å²) in [6.07, 6.45) is 0.151. The van der Waals surface area contributed by atoms with E-state index in [1.807, 2.05) is 19.4 Å². The van der Waals surface area contributed by atoms with E-state index < -0.39 is 11.7 Å². The van der Waals surface area contributed by atoms with Crippen molar-refractivity contribution in [3.8, 4) is 0 Å². The Kier molecular flexibility index (Phi) is 5.32. The number of rotatable bonds is 5. The van der Waals surface area contributed by atoms with Crippen LogP contribution in [0.3, 0.4) is 0 Å². The molecule has 0 aliphatic rings. The van der Waals surface area contributed by atoms with E-state index in [1.54, 1.807) is 17.8 Å². The first-order chi connectivity index (χ1) is 12.4. The molecule has 0 saturated carbocycles. The standard InChI is InChI=1S/C20H19F4NS/c1-3-14(12-4-6-13(7-5-12)20(22,23)24)16-10-25-19-15(16)8-9-18(21)17(19)11-26-2/h4-10,14,25H,3,11H2,1-2H3. The highest BCUT2D eigenvalue weighted by atomic mass is 32.2. The Morgan fingerprint density at radius 1 is 1.08 bits per heavy atom. The zero-order chi connectivity index (χ0) is 18.9. The molecule has 26 heavy (non-hydrogen) atoms. The van der Waals surface area contributed by atoms with Gasteiger partial charge in [0.25, 0.3) is 0 Å². The molecule has 6 heteroatoms. The SMILES string of the molecule is CCC(c1ccc(C(F)(F)F)cc1)c1c[nH]c2c(CSC)c(F)ccc12. The molecule has 3 aromatic rings. The van der Waals surface area contributed by atoms with E-state index >= 15 is 0 Å². The predicted molar refractivity (Wildman–Crippen MR) is 99.1 cm³/mol. The van der Waals surface area contributed by atoms with Gasteiger partial charge in [0.1, 0.15) is 5.82 Å². The molecule has 2 aromatic carbocycles. The third-order valence-electron chi connectivity index (χ3n) is 4.65. The van der Waals surface area contributed by atoms with Crippen molar-refractivity contribution in [2.24, 2.45) is 0 Å². The quantitative estimate of drug-likeness (QED) is 0.485. The summed E-state index contributed by atoms with van der Waals surface area (Å²) in [5.74, 6) is 0.252. The van der Waals surface area contributed by atoms with Crippen LogP contribution in [0.1, 0.15) is 41.5 Å². The van der Waals surface area contributed by atoms with Crippen molar-refractivity contribution in [2.45, 2.75) is 31.2 Å². The number of hydrogen-bond acceptors (Lipinski definition) is 1. The first-order valence-electron chi connectivity index (χ1n) is 8.31. The largest absolute Gasteiger partial charge is 0.416 e. The molecule has 1 unspecified atom stereocenters. The van der Waals surface area contributed by atoms with Gasteiger partial charge in [-0.05, 0) is 48.1 Å². The van der Waals surface area contributed by atoms with Crippen LogP contribution in [-0.2, 0) is 11.9 Å². The van der Waals surface area contributed by atoms with E-state index in [9.17, 15) is 17.6 Å². The molecule has 0 fully saturated rings. The van der Waals surface area contributed by atoms with Crippen LogP contribution < -0.4 is 0 Å². The molecule has 1 atom stereocenters. The van der Waals surface area contributed by atoms with Gasteiger partial charge < -0.3 is 4.98 Å². The molecule has 1 nitrogen and oxygen atoms in total. The van der Waals surface area contributed by atoms with Crippen LogP contribution in [0.25, 0.3) is 10.9 Å². The molecule has 0 radical (unpaired) electrons. The van der Waals surface area contributed by atoms with Crippen molar-refractivity contribution in [1.82, 2.24) is 4.98 Å². The highest BCUT2D eigenvalue weighted by Gasteiger charge is 2.30. The smallest absolute Gasteiger partial charge is 0.361 e. The molecule has 0 aliphatic heterocycles. The zero-order valence-electron chi connectivity index (χ0n) is 14.5. The summed E-state index contributed by atoms with van der Waals surface area (Å²) < 4.78 is 52.5. The van der Waals surface area contributed by atoms with E-state index in [4.69, 9.17) is 0 Å². The molecular formula is C20H19F4NS. The highest BCUT2D eigenvalue weighted by molar-refractivity contribution is 7.97. The van der Waals surface area contributed by atoms with Crippen molar-refractivity contribution >= 4 is 22.7 Å². The number of hydrogen-bond donors (Lipinski definition) is 1. The van der Waals surface area contributed by atoms with Gasteiger partial charge in [0.05, 0.1) is 11.1 Å². The van der Waals surface area contributed by atoms with Crippen LogP contribution in [0.4, 0.5) is 17.6 Å². The fourth-order valence-electron chi connectivity index (χ4n) is 3.37. The third-order valence-corrected chi connectivity index (χ3v) is 5.23. The van der Waals surface area contributed by atoms with Crippen LogP contribution in [0.5, 0.6) is 0 Å². The monoisotopic (exact) mass is 381 g/mol. The van der Waals surface area contributed by atoms with Gasteiger partial charge in [-0.15, -0.1) is 0 Å². The highest BCUT2D eigenvalue weighted by Crippen LogP contribution is 2.37. The first kappa shape index (κ1) is 18.8. The van der Waals surface area contributed by atoms with Gasteiger partial charge in [-0.2, -0.15) is 24.9 Å². The van der Waals surface area contributed by atoms with Crippen molar-refractivity contribution in [3.05, 3.63) is 70.7 Å². The summed E-state index contributed by atoms with van der Waals surface area (Å²) in [4.78, 5) is 3.17. The lowest BCUT2D eigenvalue weighted by molar-refractivity contribution is -0.137. The Morgan fingerprint density at radius 3 is 2.35 bits per heavy atom. The van der Waals surface area contributed by atoms with E-state index in [0.717, 1.165) is 40.6 Å². The number of aromatic amines is 1. The van der Waals surface area contributed by atoms with Crippen molar-refractivity contribution in [2.75, 3.05) is 6.26 Å². The molecule has 3 rings (SSSR count). The second-order valence-electron chi connectivity index (χ2n) is 6.21. The fourth-order valence-corrected chi connectivity index (χ4v) is 3.94. The van der Waals surface area contributed by atoms with E-state index in [2.05, 4.69) is 4.98 Å². The summed E-state index contributed by atoms with van der Waals surface area (Å²) in [6.45, 7) is 1.99. The number of alkyl halides is 3. The van der Waals surface area contributed by atoms with Crippen LogP contribution in [0.15, 0.2) is 42.6 Å². The molecule has 0 spiro atoms. The van der Waals surface area contributed by atoms with Gasteiger partial charge in [-0.25, -0.2) is 4.39 Å². The summed E-state index contributed by atoms with van der Waals surface area (Å²) >= 11 is 1.54. The predicted octanol–water partition coefficient (Wildman–Crippen LogP) is 6.73. The number of benzene rings is 2. The average Bonchev–Trinajstić information content (AvgIpc) is 3.02. The number of H-pyrrole nitrogens is 1. The van der Waals surface area contributed by atoms with Crippen LogP contribution in [0, 0.1) is 5.82 Å². The number of thioether (sulfide) groups is 1. The van der Waals surface area contributed by atoms with Crippen LogP contribution in [-0.4, -0.2) is 11.2 Å². The van der Waals surface area contributed by atoms with Gasteiger partial charge in [0.15, 0.2) is 0 Å². The Balaban J connectivity index is 2.05. The molecular weight excluding hydrogens is 362 g/mol. The Labute approximate surface area is 153 Å². The van der Waals surface area contributed by atoms with E-state index in [1.165, 1.54) is 18.2 Å². The van der Waals surface area contributed by atoms with Gasteiger partial charge in [-0.1, -0.05) is 19.1 Å². The summed E-state index contributed by atoms with van der Waals surface area (Å²) in [6, 6.07) is 8.50. The van der Waals surface area contributed by atoms with Crippen molar-refractivity contribution in [1.29, 1.82) is 0 Å². The first-order valence-corrected chi connectivity index (χ1v) is 9.70. The second-order valence-corrected chi connectivity index (χ2v) is 7.07. The molecule has 0 aliphatic carbocycles. The van der Waals surface area contributed by atoms with Crippen molar-refractivity contribution < 1.29 is 17.6 Å². The van der Waals surface area contributed by atoms with E-state index in [-0.39, 0.29) is 11.7 Å². The third kappa shape index (κ3) is 3.47. The number of fused-ring (bicyclic) bond motifs is 1. The lowest BCUT2D eigenvalue weighted by Crippen LogP contribution is -2.06. The summed E-state index contributed by atoms with van der Waals surface area (Å²) in [7, 11) is 0. The minimum absolute atomic E-state index is 0.0568. The molecule has 0 bridgehead atoms. The maximum atomic E-state index is 14.1. The molecule has 1 N–H and O–H groups in total. The molecule has 1 aromatic heterocycles. The lowest BCUT2D eigenvalue weighted by Gasteiger charge is -2.16. The van der Waals surface area contributed by atoms with Gasteiger partial charge in [0.2, 0.25) is 0 Å². The minimum atomic E-state index is -4.34. The number of aromatic nitrogens is 1. The van der Waals surface area contributed by atoms with Crippen LogP contribution >= 0.6 is 11.8 Å². The van der Waals surface area contributed by atoms with E-state index in [0.29, 0.717) is 11.3 Å². The maximum absolute atomic E-state index is 14.1. The zero-order valence-corrected chi connectivity index (χ0v) is 15.3. The number of nitrogens with one attached hydrogen (secondary N) is 1. The Bertz CT molecular complexity index is 897. The molecule has 1 heterocycles. The summed E-state index contributed by atoms with van der Waals surface area (Å²) in [5.41, 5.74) is 2.53. The lowest BCUT2D eigenvalue weighted by atomic mass is 9.88. The Hall–Kier alpha value is -1.95. The molecule has 0 amide bonds. The normalized spacial score (nSPS) is 13.3.